The number of nitrogens with one attached hydrogen (secondary N) is 1. The van der Waals surface area contributed by atoms with E-state index in [4.69, 9.17) is 11.6 Å². The van der Waals surface area contributed by atoms with Crippen molar-refractivity contribution in [2.75, 3.05) is 32.7 Å². The third-order valence-corrected chi connectivity index (χ3v) is 6.92. The molecule has 1 aromatic carbocycles. The van der Waals surface area contributed by atoms with Crippen molar-refractivity contribution in [2.45, 2.75) is 25.8 Å². The lowest BCUT2D eigenvalue weighted by atomic mass is 10.0. The van der Waals surface area contributed by atoms with E-state index >= 15 is 0 Å². The van der Waals surface area contributed by atoms with E-state index in [9.17, 15) is 8.42 Å². The normalized spacial score (nSPS) is 26.8. The average Bonchev–Trinajstić information content (AvgIpc) is 2.55. The molecule has 2 atom stereocenters. The summed E-state index contributed by atoms with van der Waals surface area (Å²) in [5, 5.41) is 3.93. The van der Waals surface area contributed by atoms with E-state index < -0.39 is 10.2 Å². The highest BCUT2D eigenvalue weighted by molar-refractivity contribution is 7.86. The van der Waals surface area contributed by atoms with Gasteiger partial charge in [-0.1, -0.05) is 30.7 Å². The van der Waals surface area contributed by atoms with Crippen molar-refractivity contribution in [3.63, 3.8) is 0 Å². The van der Waals surface area contributed by atoms with E-state index in [2.05, 4.69) is 12.2 Å². The van der Waals surface area contributed by atoms with Crippen molar-refractivity contribution in [3.8, 4) is 0 Å². The summed E-state index contributed by atoms with van der Waals surface area (Å²) in [5.74, 6) is 0.422. The Morgan fingerprint density at radius 3 is 2.79 bits per heavy atom. The second-order valence-electron chi connectivity index (χ2n) is 6.50. The topological polar surface area (TPSA) is 52.7 Å². The van der Waals surface area contributed by atoms with Crippen molar-refractivity contribution in [2.24, 2.45) is 5.92 Å². The van der Waals surface area contributed by atoms with Gasteiger partial charge in [0.2, 0.25) is 0 Å². The molecular weight excluding hydrogens is 369 g/mol. The summed E-state index contributed by atoms with van der Waals surface area (Å²) >= 11 is 6.10. The maximum atomic E-state index is 13.1. The molecule has 2 aliphatic heterocycles. The lowest BCUT2D eigenvalue weighted by Gasteiger charge is -2.40. The zero-order valence-corrected chi connectivity index (χ0v) is 16.2. The molecule has 0 radical (unpaired) electrons. The predicted molar refractivity (Wildman–Crippen MR) is 99.9 cm³/mol. The fraction of sp³-hybridized carbons (Fsp3) is 0.625. The molecule has 5 nitrogen and oxygen atoms in total. The van der Waals surface area contributed by atoms with Gasteiger partial charge in [0.05, 0.1) is 6.04 Å². The average molecular weight is 394 g/mol. The van der Waals surface area contributed by atoms with Gasteiger partial charge >= 0.3 is 0 Å². The molecular formula is C16H25Cl2N3O2S. The lowest BCUT2D eigenvalue weighted by Crippen LogP contribution is -2.54. The molecule has 0 aromatic heterocycles. The van der Waals surface area contributed by atoms with Crippen molar-refractivity contribution in [3.05, 3.63) is 34.9 Å². The molecule has 1 aromatic rings. The number of hydrogen-bond acceptors (Lipinski definition) is 3. The Morgan fingerprint density at radius 2 is 2.08 bits per heavy atom. The van der Waals surface area contributed by atoms with Crippen LogP contribution >= 0.6 is 24.0 Å². The number of piperidine rings is 1. The van der Waals surface area contributed by atoms with Crippen LogP contribution in [0.2, 0.25) is 5.02 Å². The highest BCUT2D eigenvalue weighted by Crippen LogP contribution is 2.30. The number of benzene rings is 1. The fourth-order valence-electron chi connectivity index (χ4n) is 3.46. The minimum atomic E-state index is -3.44. The summed E-state index contributed by atoms with van der Waals surface area (Å²) in [7, 11) is -3.44. The molecule has 2 fully saturated rings. The molecule has 8 heteroatoms. The number of halogens is 2. The van der Waals surface area contributed by atoms with Crippen LogP contribution in [0.4, 0.5) is 0 Å². The summed E-state index contributed by atoms with van der Waals surface area (Å²) < 4.78 is 29.6. The minimum Gasteiger partial charge on any atom is -0.313 e. The summed E-state index contributed by atoms with van der Waals surface area (Å²) in [6.07, 6.45) is 2.04. The van der Waals surface area contributed by atoms with Crippen LogP contribution in [-0.4, -0.2) is 49.8 Å². The Morgan fingerprint density at radius 1 is 1.29 bits per heavy atom. The Kier molecular flexibility index (Phi) is 6.93. The molecule has 2 saturated heterocycles. The Balaban J connectivity index is 0.00000208. The fourth-order valence-corrected chi connectivity index (χ4v) is 5.60. The third-order valence-electron chi connectivity index (χ3n) is 4.67. The molecule has 0 bridgehead atoms. The minimum absolute atomic E-state index is 0. The summed E-state index contributed by atoms with van der Waals surface area (Å²) in [4.78, 5) is 0. The van der Waals surface area contributed by atoms with Gasteiger partial charge in [0.25, 0.3) is 10.2 Å². The van der Waals surface area contributed by atoms with Gasteiger partial charge in [-0.25, -0.2) is 0 Å². The third kappa shape index (κ3) is 4.23. The summed E-state index contributed by atoms with van der Waals surface area (Å²) in [6, 6.07) is 7.29. The second-order valence-corrected chi connectivity index (χ2v) is 8.82. The van der Waals surface area contributed by atoms with Gasteiger partial charge in [-0.3, -0.25) is 0 Å². The van der Waals surface area contributed by atoms with E-state index in [-0.39, 0.29) is 18.4 Å². The van der Waals surface area contributed by atoms with Gasteiger partial charge in [0, 0.05) is 37.7 Å². The Labute approximate surface area is 155 Å². The molecule has 2 heterocycles. The van der Waals surface area contributed by atoms with E-state index in [1.54, 1.807) is 8.61 Å². The van der Waals surface area contributed by atoms with Gasteiger partial charge in [-0.05, 0) is 36.5 Å². The largest absolute Gasteiger partial charge is 0.313 e. The van der Waals surface area contributed by atoms with Crippen LogP contribution in [0.15, 0.2) is 24.3 Å². The highest BCUT2D eigenvalue weighted by Gasteiger charge is 2.38. The van der Waals surface area contributed by atoms with E-state index in [0.717, 1.165) is 18.4 Å². The summed E-state index contributed by atoms with van der Waals surface area (Å²) in [5.41, 5.74) is 0.943. The first-order valence-electron chi connectivity index (χ1n) is 8.21. The first kappa shape index (κ1) is 19.9. The first-order chi connectivity index (χ1) is 11.0. The van der Waals surface area contributed by atoms with E-state index in [1.807, 2.05) is 24.3 Å². The van der Waals surface area contributed by atoms with Crippen LogP contribution in [0.3, 0.4) is 0 Å². The zero-order chi connectivity index (χ0) is 16.4. The molecule has 0 spiro atoms. The van der Waals surface area contributed by atoms with E-state index in [1.165, 1.54) is 0 Å². The smallest absolute Gasteiger partial charge is 0.282 e. The van der Waals surface area contributed by atoms with Gasteiger partial charge < -0.3 is 5.32 Å². The molecule has 0 aliphatic carbocycles. The van der Waals surface area contributed by atoms with Crippen molar-refractivity contribution < 1.29 is 8.42 Å². The number of nitrogens with zero attached hydrogens (tertiary/aromatic N) is 2. The molecule has 0 amide bonds. The van der Waals surface area contributed by atoms with Crippen LogP contribution < -0.4 is 5.32 Å². The molecule has 136 valence electrons. The predicted octanol–water partition coefficient (Wildman–Crippen LogP) is 2.68. The molecule has 1 N–H and O–H groups in total. The molecule has 2 unspecified atom stereocenters. The monoisotopic (exact) mass is 393 g/mol. The highest BCUT2D eigenvalue weighted by atomic mass is 35.5. The zero-order valence-electron chi connectivity index (χ0n) is 13.8. The lowest BCUT2D eigenvalue weighted by molar-refractivity contribution is 0.220. The Hall–Kier alpha value is -0.370. The molecule has 0 saturated carbocycles. The number of piperazine rings is 1. The van der Waals surface area contributed by atoms with Crippen LogP contribution in [-0.2, 0) is 10.2 Å². The van der Waals surface area contributed by atoms with Crippen molar-refractivity contribution in [1.82, 2.24) is 13.9 Å². The van der Waals surface area contributed by atoms with Gasteiger partial charge in [-0.15, -0.1) is 12.4 Å². The Bertz CT molecular complexity index is 656. The van der Waals surface area contributed by atoms with Gasteiger partial charge in [-0.2, -0.15) is 17.0 Å². The second kappa shape index (κ2) is 8.34. The number of rotatable bonds is 3. The SMILES string of the molecule is CC1CCCN(S(=O)(=O)N2CCNCC2c2cccc(Cl)c2)C1.Cl. The quantitative estimate of drug-likeness (QED) is 0.858. The summed E-state index contributed by atoms with van der Waals surface area (Å²) in [6.45, 7) is 5.15. The van der Waals surface area contributed by atoms with E-state index in [0.29, 0.717) is 43.7 Å². The molecule has 24 heavy (non-hydrogen) atoms. The van der Waals surface area contributed by atoms with Crippen LogP contribution in [0.1, 0.15) is 31.4 Å². The first-order valence-corrected chi connectivity index (χ1v) is 9.99. The van der Waals surface area contributed by atoms with Crippen LogP contribution in [0.5, 0.6) is 0 Å². The maximum absolute atomic E-state index is 13.1. The van der Waals surface area contributed by atoms with Crippen molar-refractivity contribution in [1.29, 1.82) is 0 Å². The van der Waals surface area contributed by atoms with Gasteiger partial charge in [0.1, 0.15) is 0 Å². The molecule has 2 aliphatic rings. The maximum Gasteiger partial charge on any atom is 0.282 e. The van der Waals surface area contributed by atoms with Crippen molar-refractivity contribution >= 4 is 34.2 Å². The standard InChI is InChI=1S/C16H24ClN3O2S.ClH/c1-13-4-3-8-19(12-13)23(21,22)20-9-7-18-11-16(20)14-5-2-6-15(17)10-14;/h2,5-6,10,13,16,18H,3-4,7-9,11-12H2,1H3;1H. The van der Waals surface area contributed by atoms with Gasteiger partial charge in [0.15, 0.2) is 0 Å². The molecule has 3 rings (SSSR count). The van der Waals surface area contributed by atoms with Crippen LogP contribution in [0, 0.1) is 5.92 Å². The number of hydrogen-bond donors (Lipinski definition) is 1. The van der Waals surface area contributed by atoms with Crippen LogP contribution in [0.25, 0.3) is 0 Å².